The van der Waals surface area contributed by atoms with E-state index in [1.807, 2.05) is 12.3 Å². The summed E-state index contributed by atoms with van der Waals surface area (Å²) in [5, 5.41) is 0. The van der Waals surface area contributed by atoms with E-state index in [-0.39, 0.29) is 24.8 Å². The van der Waals surface area contributed by atoms with Crippen molar-refractivity contribution in [2.75, 3.05) is 5.73 Å². The maximum atomic E-state index is 5.72. The van der Waals surface area contributed by atoms with E-state index >= 15 is 0 Å². The molecule has 0 aromatic carbocycles. The fraction of sp³-hybridized carbons (Fsp3) is 0.375. The van der Waals surface area contributed by atoms with Crippen LogP contribution in [0.3, 0.4) is 0 Å². The molecule has 4 heteroatoms. The molecule has 0 atom stereocenters. The summed E-state index contributed by atoms with van der Waals surface area (Å²) in [4.78, 5) is 4.03. The van der Waals surface area contributed by atoms with Gasteiger partial charge in [-0.3, -0.25) is 4.98 Å². The van der Waals surface area contributed by atoms with E-state index in [1.54, 1.807) is 6.20 Å². The number of halogens is 2. The Bertz CT molecular complexity index is 249. The Kier molecular flexibility index (Phi) is 4.35. The molecule has 12 heavy (non-hydrogen) atoms. The first-order valence-electron chi connectivity index (χ1n) is 3.57. The number of hydrogen-bond donors (Lipinski definition) is 1. The van der Waals surface area contributed by atoms with E-state index in [2.05, 4.69) is 4.98 Å². The summed E-state index contributed by atoms with van der Waals surface area (Å²) in [6.45, 7) is 0. The minimum atomic E-state index is 0. The standard InChI is InChI=1S/C8H10N2.2ClH/c9-8-3-4-10-5-7(8)6-1-2-6;;/h3-6H,1-2H2,(H2,9,10);2*1H. The van der Waals surface area contributed by atoms with Gasteiger partial charge >= 0.3 is 0 Å². The van der Waals surface area contributed by atoms with Crippen LogP contribution in [0, 0.1) is 0 Å². The molecule has 1 aliphatic carbocycles. The van der Waals surface area contributed by atoms with Crippen LogP contribution in [0.5, 0.6) is 0 Å². The van der Waals surface area contributed by atoms with Gasteiger partial charge in [-0.15, -0.1) is 24.8 Å². The van der Waals surface area contributed by atoms with Gasteiger partial charge < -0.3 is 5.73 Å². The van der Waals surface area contributed by atoms with Crippen molar-refractivity contribution >= 4 is 30.5 Å². The molecule has 2 rings (SSSR count). The maximum Gasteiger partial charge on any atom is 0.0380 e. The molecule has 0 unspecified atom stereocenters. The maximum absolute atomic E-state index is 5.72. The molecule has 1 saturated carbocycles. The predicted molar refractivity (Wildman–Crippen MR) is 55.1 cm³/mol. The van der Waals surface area contributed by atoms with Gasteiger partial charge in [0.05, 0.1) is 0 Å². The van der Waals surface area contributed by atoms with Crippen molar-refractivity contribution in [2.45, 2.75) is 18.8 Å². The third-order valence-corrected chi connectivity index (χ3v) is 1.90. The van der Waals surface area contributed by atoms with E-state index in [4.69, 9.17) is 5.73 Å². The Hall–Kier alpha value is -0.470. The third-order valence-electron chi connectivity index (χ3n) is 1.90. The summed E-state index contributed by atoms with van der Waals surface area (Å²) in [6.07, 6.45) is 6.19. The Morgan fingerprint density at radius 2 is 2.00 bits per heavy atom. The van der Waals surface area contributed by atoms with Crippen molar-refractivity contribution in [3.63, 3.8) is 0 Å². The number of hydrogen-bond acceptors (Lipinski definition) is 2. The zero-order chi connectivity index (χ0) is 6.97. The highest BCUT2D eigenvalue weighted by Crippen LogP contribution is 2.41. The van der Waals surface area contributed by atoms with Crippen molar-refractivity contribution in [2.24, 2.45) is 0 Å². The van der Waals surface area contributed by atoms with Crippen LogP contribution >= 0.6 is 24.8 Å². The quantitative estimate of drug-likeness (QED) is 0.767. The number of nitrogen functional groups attached to an aromatic ring is 1. The van der Waals surface area contributed by atoms with Gasteiger partial charge in [0.2, 0.25) is 0 Å². The van der Waals surface area contributed by atoms with Gasteiger partial charge in [-0.2, -0.15) is 0 Å². The lowest BCUT2D eigenvalue weighted by Gasteiger charge is -1.99. The number of pyridine rings is 1. The molecule has 1 fully saturated rings. The highest BCUT2D eigenvalue weighted by atomic mass is 35.5. The molecule has 2 nitrogen and oxygen atoms in total. The van der Waals surface area contributed by atoms with Crippen LogP contribution in [-0.4, -0.2) is 4.98 Å². The normalized spacial score (nSPS) is 14.3. The van der Waals surface area contributed by atoms with Crippen LogP contribution < -0.4 is 5.73 Å². The number of nitrogens with zero attached hydrogens (tertiary/aromatic N) is 1. The van der Waals surface area contributed by atoms with Crippen LogP contribution in [0.25, 0.3) is 0 Å². The molecular weight excluding hydrogens is 195 g/mol. The minimum absolute atomic E-state index is 0. The van der Waals surface area contributed by atoms with E-state index in [9.17, 15) is 0 Å². The molecule has 1 aliphatic rings. The summed E-state index contributed by atoms with van der Waals surface area (Å²) in [5.74, 6) is 0.716. The lowest BCUT2D eigenvalue weighted by Crippen LogP contribution is -1.92. The molecule has 0 spiro atoms. The second-order valence-corrected chi connectivity index (χ2v) is 2.78. The summed E-state index contributed by atoms with van der Waals surface area (Å²) >= 11 is 0. The van der Waals surface area contributed by atoms with Crippen molar-refractivity contribution in [3.8, 4) is 0 Å². The SMILES string of the molecule is Cl.Cl.Nc1ccncc1C1CC1. The summed E-state index contributed by atoms with van der Waals surface area (Å²) < 4.78 is 0. The van der Waals surface area contributed by atoms with Crippen molar-refractivity contribution < 1.29 is 0 Å². The predicted octanol–water partition coefficient (Wildman–Crippen LogP) is 2.38. The Morgan fingerprint density at radius 3 is 2.50 bits per heavy atom. The molecule has 1 aromatic rings. The van der Waals surface area contributed by atoms with E-state index in [0.29, 0.717) is 5.92 Å². The zero-order valence-corrected chi connectivity index (χ0v) is 8.20. The fourth-order valence-corrected chi connectivity index (χ4v) is 1.15. The zero-order valence-electron chi connectivity index (χ0n) is 6.56. The number of rotatable bonds is 1. The number of nitrogens with two attached hydrogens (primary N) is 1. The van der Waals surface area contributed by atoms with E-state index in [1.165, 1.54) is 18.4 Å². The summed E-state index contributed by atoms with van der Waals surface area (Å²) in [7, 11) is 0. The Balaban J connectivity index is 0.000000605. The second-order valence-electron chi connectivity index (χ2n) is 2.78. The number of aromatic nitrogens is 1. The molecule has 0 radical (unpaired) electrons. The second kappa shape index (κ2) is 4.53. The number of anilines is 1. The lowest BCUT2D eigenvalue weighted by atomic mass is 10.1. The van der Waals surface area contributed by atoms with Gasteiger partial charge in [0, 0.05) is 18.1 Å². The molecular formula is C8H12Cl2N2. The molecule has 1 aromatic heterocycles. The van der Waals surface area contributed by atoms with Gasteiger partial charge in [0.1, 0.15) is 0 Å². The third kappa shape index (κ3) is 2.26. The van der Waals surface area contributed by atoms with Crippen molar-refractivity contribution in [1.82, 2.24) is 4.98 Å². The van der Waals surface area contributed by atoms with Crippen LogP contribution in [-0.2, 0) is 0 Å². The van der Waals surface area contributed by atoms with Crippen molar-refractivity contribution in [3.05, 3.63) is 24.0 Å². The molecule has 2 N–H and O–H groups in total. The molecule has 0 saturated heterocycles. The first kappa shape index (κ1) is 11.5. The van der Waals surface area contributed by atoms with Crippen LogP contribution in [0.4, 0.5) is 5.69 Å². The molecule has 0 amide bonds. The Labute approximate surface area is 84.4 Å². The first-order chi connectivity index (χ1) is 4.88. The fourth-order valence-electron chi connectivity index (χ4n) is 1.15. The average Bonchev–Trinajstić information content (AvgIpc) is 2.71. The van der Waals surface area contributed by atoms with Crippen LogP contribution in [0.15, 0.2) is 18.5 Å². The van der Waals surface area contributed by atoms with E-state index in [0.717, 1.165) is 5.69 Å². The van der Waals surface area contributed by atoms with Crippen LogP contribution in [0.2, 0.25) is 0 Å². The average molecular weight is 207 g/mol. The molecule has 1 heterocycles. The van der Waals surface area contributed by atoms with E-state index < -0.39 is 0 Å². The monoisotopic (exact) mass is 206 g/mol. The van der Waals surface area contributed by atoms with Gasteiger partial charge in [0.15, 0.2) is 0 Å². The van der Waals surface area contributed by atoms with Gasteiger partial charge in [-0.1, -0.05) is 0 Å². The largest absolute Gasteiger partial charge is 0.398 e. The smallest absolute Gasteiger partial charge is 0.0380 e. The summed E-state index contributed by atoms with van der Waals surface area (Å²) in [6, 6.07) is 1.87. The van der Waals surface area contributed by atoms with Gasteiger partial charge in [-0.25, -0.2) is 0 Å². The topological polar surface area (TPSA) is 38.9 Å². The highest BCUT2D eigenvalue weighted by Gasteiger charge is 2.25. The van der Waals surface area contributed by atoms with Crippen molar-refractivity contribution in [1.29, 1.82) is 0 Å². The molecule has 0 bridgehead atoms. The van der Waals surface area contributed by atoms with Crippen LogP contribution in [0.1, 0.15) is 24.3 Å². The molecule has 0 aliphatic heterocycles. The highest BCUT2D eigenvalue weighted by molar-refractivity contribution is 5.85. The minimum Gasteiger partial charge on any atom is -0.398 e. The summed E-state index contributed by atoms with van der Waals surface area (Å²) in [5.41, 5.74) is 7.86. The Morgan fingerprint density at radius 1 is 1.33 bits per heavy atom. The first-order valence-corrected chi connectivity index (χ1v) is 3.57. The van der Waals surface area contributed by atoms with Gasteiger partial charge in [0.25, 0.3) is 0 Å². The lowest BCUT2D eigenvalue weighted by molar-refractivity contribution is 1.10. The molecule has 68 valence electrons. The van der Waals surface area contributed by atoms with Gasteiger partial charge in [-0.05, 0) is 30.4 Å².